The number of hydrogen-bond donors (Lipinski definition) is 1. The summed E-state index contributed by atoms with van der Waals surface area (Å²) in [6.07, 6.45) is 1.19. The highest BCUT2D eigenvalue weighted by Gasteiger charge is 2.22. The molecule has 0 aliphatic carbocycles. The first-order valence-electron chi connectivity index (χ1n) is 6.63. The standard InChI is InChI=1S/C14H22N2OS/c1-4-12-8-16(5-6-18-12)9-14(17)13-7-10(2)15-11(13)3/h7,12,15H,4-6,8-9H2,1-3H3. The number of rotatable bonds is 4. The highest BCUT2D eigenvalue weighted by molar-refractivity contribution is 8.00. The zero-order valence-corrected chi connectivity index (χ0v) is 12.3. The molecule has 4 heteroatoms. The van der Waals surface area contributed by atoms with Gasteiger partial charge in [-0.25, -0.2) is 0 Å². The number of nitrogens with one attached hydrogen (secondary N) is 1. The average Bonchev–Trinajstić information content (AvgIpc) is 2.69. The molecule has 1 aliphatic rings. The molecule has 1 unspecified atom stereocenters. The van der Waals surface area contributed by atoms with E-state index >= 15 is 0 Å². The van der Waals surface area contributed by atoms with Crippen molar-refractivity contribution in [2.24, 2.45) is 0 Å². The van der Waals surface area contributed by atoms with Crippen LogP contribution < -0.4 is 0 Å². The van der Waals surface area contributed by atoms with Gasteiger partial charge in [-0.15, -0.1) is 0 Å². The Morgan fingerprint density at radius 3 is 2.94 bits per heavy atom. The molecule has 1 aromatic rings. The third kappa shape index (κ3) is 3.18. The number of carbonyl (C=O) groups is 1. The van der Waals surface area contributed by atoms with E-state index in [-0.39, 0.29) is 5.78 Å². The number of hydrogen-bond acceptors (Lipinski definition) is 3. The summed E-state index contributed by atoms with van der Waals surface area (Å²) in [4.78, 5) is 17.8. The summed E-state index contributed by atoms with van der Waals surface area (Å²) in [6, 6.07) is 1.97. The fourth-order valence-electron chi connectivity index (χ4n) is 2.47. The van der Waals surface area contributed by atoms with Gasteiger partial charge in [-0.05, 0) is 26.3 Å². The van der Waals surface area contributed by atoms with E-state index in [0.717, 1.165) is 35.8 Å². The lowest BCUT2D eigenvalue weighted by atomic mass is 10.1. The molecule has 1 saturated heterocycles. The molecule has 2 rings (SSSR count). The van der Waals surface area contributed by atoms with Gasteiger partial charge in [0.2, 0.25) is 0 Å². The van der Waals surface area contributed by atoms with Gasteiger partial charge >= 0.3 is 0 Å². The van der Waals surface area contributed by atoms with Crippen LogP contribution in [0.4, 0.5) is 0 Å². The minimum atomic E-state index is 0.249. The van der Waals surface area contributed by atoms with Crippen molar-refractivity contribution in [2.75, 3.05) is 25.4 Å². The van der Waals surface area contributed by atoms with Gasteiger partial charge in [-0.2, -0.15) is 11.8 Å². The summed E-state index contributed by atoms with van der Waals surface area (Å²) < 4.78 is 0. The third-order valence-corrected chi connectivity index (χ3v) is 4.87. The Morgan fingerprint density at radius 2 is 2.33 bits per heavy atom. The summed E-state index contributed by atoms with van der Waals surface area (Å²) in [7, 11) is 0. The van der Waals surface area contributed by atoms with Gasteiger partial charge in [-0.1, -0.05) is 6.92 Å². The van der Waals surface area contributed by atoms with Crippen LogP contribution in [0.15, 0.2) is 6.07 Å². The molecule has 100 valence electrons. The molecule has 1 fully saturated rings. The van der Waals surface area contributed by atoms with E-state index in [2.05, 4.69) is 16.8 Å². The van der Waals surface area contributed by atoms with Gasteiger partial charge in [0, 0.05) is 41.0 Å². The van der Waals surface area contributed by atoms with Crippen molar-refractivity contribution >= 4 is 17.5 Å². The summed E-state index contributed by atoms with van der Waals surface area (Å²) in [6.45, 7) is 8.85. The van der Waals surface area contributed by atoms with E-state index in [1.165, 1.54) is 6.42 Å². The topological polar surface area (TPSA) is 36.1 Å². The van der Waals surface area contributed by atoms with Gasteiger partial charge in [0.15, 0.2) is 5.78 Å². The highest BCUT2D eigenvalue weighted by Crippen LogP contribution is 2.21. The number of aromatic amines is 1. The van der Waals surface area contributed by atoms with Crippen LogP contribution in [0.25, 0.3) is 0 Å². The van der Waals surface area contributed by atoms with Gasteiger partial charge in [0.1, 0.15) is 0 Å². The summed E-state index contributed by atoms with van der Waals surface area (Å²) in [5.41, 5.74) is 2.92. The van der Waals surface area contributed by atoms with E-state index in [1.54, 1.807) is 0 Å². The van der Waals surface area contributed by atoms with Crippen LogP contribution in [-0.4, -0.2) is 46.3 Å². The molecule has 0 spiro atoms. The van der Waals surface area contributed by atoms with Crippen LogP contribution in [0.2, 0.25) is 0 Å². The monoisotopic (exact) mass is 266 g/mol. The summed E-state index contributed by atoms with van der Waals surface area (Å²) >= 11 is 2.04. The van der Waals surface area contributed by atoms with Gasteiger partial charge in [-0.3, -0.25) is 9.69 Å². The number of H-pyrrole nitrogens is 1. The molecule has 0 radical (unpaired) electrons. The molecular weight excluding hydrogens is 244 g/mol. The molecule has 1 atom stereocenters. The van der Waals surface area contributed by atoms with E-state index in [1.807, 2.05) is 31.7 Å². The van der Waals surface area contributed by atoms with E-state index in [4.69, 9.17) is 0 Å². The smallest absolute Gasteiger partial charge is 0.178 e. The quantitative estimate of drug-likeness (QED) is 0.851. The van der Waals surface area contributed by atoms with Crippen molar-refractivity contribution in [3.8, 4) is 0 Å². The Balaban J connectivity index is 1.97. The van der Waals surface area contributed by atoms with E-state index < -0.39 is 0 Å². The molecule has 1 aliphatic heterocycles. The van der Waals surface area contributed by atoms with E-state index in [9.17, 15) is 4.79 Å². The Kier molecular flexibility index (Phi) is 4.51. The van der Waals surface area contributed by atoms with Gasteiger partial charge in [0.25, 0.3) is 0 Å². The minimum absolute atomic E-state index is 0.249. The normalized spacial score (nSPS) is 21.2. The molecular formula is C14H22N2OS. The summed E-state index contributed by atoms with van der Waals surface area (Å²) in [5, 5.41) is 0.695. The largest absolute Gasteiger partial charge is 0.362 e. The number of carbonyl (C=O) groups excluding carboxylic acids is 1. The number of thioether (sulfide) groups is 1. The molecule has 2 heterocycles. The van der Waals surface area contributed by atoms with Crippen molar-refractivity contribution in [2.45, 2.75) is 32.4 Å². The SMILES string of the molecule is CCC1CN(CC(=O)c2cc(C)[nH]c2C)CCS1. The second kappa shape index (κ2) is 5.93. The molecule has 3 nitrogen and oxygen atoms in total. The first-order valence-corrected chi connectivity index (χ1v) is 7.68. The maximum absolute atomic E-state index is 12.3. The number of ketones is 1. The van der Waals surface area contributed by atoms with E-state index in [0.29, 0.717) is 11.8 Å². The van der Waals surface area contributed by atoms with Gasteiger partial charge < -0.3 is 4.98 Å². The molecule has 18 heavy (non-hydrogen) atoms. The molecule has 0 bridgehead atoms. The Labute approximate surface area is 113 Å². The molecule has 0 amide bonds. The fourth-order valence-corrected chi connectivity index (χ4v) is 3.72. The maximum atomic E-state index is 12.3. The lowest BCUT2D eigenvalue weighted by Gasteiger charge is -2.31. The molecule has 0 saturated carbocycles. The lowest BCUT2D eigenvalue weighted by Crippen LogP contribution is -2.40. The van der Waals surface area contributed by atoms with Crippen molar-refractivity contribution in [3.63, 3.8) is 0 Å². The molecule has 1 aromatic heterocycles. The number of nitrogens with zero attached hydrogens (tertiary/aromatic N) is 1. The first-order chi connectivity index (χ1) is 8.60. The lowest BCUT2D eigenvalue weighted by molar-refractivity contribution is 0.0932. The number of aryl methyl sites for hydroxylation is 2. The first kappa shape index (κ1) is 13.7. The minimum Gasteiger partial charge on any atom is -0.362 e. The van der Waals surface area contributed by atoms with Crippen LogP contribution in [-0.2, 0) is 0 Å². The Bertz CT molecular complexity index is 427. The van der Waals surface area contributed by atoms with Crippen LogP contribution in [0, 0.1) is 13.8 Å². The van der Waals surface area contributed by atoms with Crippen LogP contribution in [0.5, 0.6) is 0 Å². The van der Waals surface area contributed by atoms with Crippen molar-refractivity contribution in [3.05, 3.63) is 23.0 Å². The Morgan fingerprint density at radius 1 is 1.56 bits per heavy atom. The summed E-state index contributed by atoms with van der Waals surface area (Å²) in [5.74, 6) is 1.40. The van der Waals surface area contributed by atoms with Gasteiger partial charge in [0.05, 0.1) is 6.54 Å². The Hall–Kier alpha value is -0.740. The second-order valence-corrected chi connectivity index (χ2v) is 6.46. The second-order valence-electron chi connectivity index (χ2n) is 5.05. The number of aromatic nitrogens is 1. The zero-order valence-electron chi connectivity index (χ0n) is 11.5. The van der Waals surface area contributed by atoms with Crippen molar-refractivity contribution in [1.29, 1.82) is 0 Å². The maximum Gasteiger partial charge on any atom is 0.178 e. The molecule has 0 aromatic carbocycles. The predicted molar refractivity (Wildman–Crippen MR) is 77.6 cm³/mol. The van der Waals surface area contributed by atoms with Crippen LogP contribution in [0.3, 0.4) is 0 Å². The molecule has 1 N–H and O–H groups in total. The van der Waals surface area contributed by atoms with Crippen LogP contribution in [0.1, 0.15) is 35.1 Å². The van der Waals surface area contributed by atoms with Crippen molar-refractivity contribution in [1.82, 2.24) is 9.88 Å². The number of Topliss-reactive ketones (excluding diaryl/α,β-unsaturated/α-hetero) is 1. The third-order valence-electron chi connectivity index (χ3n) is 3.50. The predicted octanol–water partition coefficient (Wildman–Crippen LogP) is 2.64. The average molecular weight is 266 g/mol. The highest BCUT2D eigenvalue weighted by atomic mass is 32.2. The van der Waals surface area contributed by atoms with Crippen LogP contribution >= 0.6 is 11.8 Å². The fraction of sp³-hybridized carbons (Fsp3) is 0.643. The zero-order chi connectivity index (χ0) is 13.1. The van der Waals surface area contributed by atoms with Crippen molar-refractivity contribution < 1.29 is 4.79 Å².